The second-order valence-electron chi connectivity index (χ2n) is 7.38. The number of hydrogen-bond acceptors (Lipinski definition) is 7. The van der Waals surface area contributed by atoms with Gasteiger partial charge in [0.05, 0.1) is 17.4 Å². The summed E-state index contributed by atoms with van der Waals surface area (Å²) in [6.45, 7) is 1.78. The van der Waals surface area contributed by atoms with Crippen LogP contribution >= 0.6 is 11.3 Å². The standard InChI is InChI=1S/C18H19F2N7OS/c1-26-7-12(15(25-26)16(19)20)23-17(28)11-8-29-18-14(11)24-13(5-22-18)27-6-9-2-3-10(27)4-21-9/h5,7-10,16,21H,2-4,6H2,1H3,(H,23,28). The fourth-order valence-electron chi connectivity index (χ4n) is 4.04. The molecule has 0 spiro atoms. The largest absolute Gasteiger partial charge is 0.349 e. The number of carbonyl (C=O) groups is 1. The maximum Gasteiger partial charge on any atom is 0.284 e. The number of anilines is 2. The zero-order valence-corrected chi connectivity index (χ0v) is 16.4. The molecule has 0 aliphatic carbocycles. The molecular weight excluding hydrogens is 400 g/mol. The quantitative estimate of drug-likeness (QED) is 0.676. The smallest absolute Gasteiger partial charge is 0.284 e. The summed E-state index contributed by atoms with van der Waals surface area (Å²) in [6, 6.07) is 0.813. The van der Waals surface area contributed by atoms with Crippen LogP contribution in [0.5, 0.6) is 0 Å². The van der Waals surface area contributed by atoms with E-state index in [4.69, 9.17) is 4.98 Å². The maximum absolute atomic E-state index is 13.2. The average Bonchev–Trinajstić information content (AvgIpc) is 3.31. The van der Waals surface area contributed by atoms with Crippen molar-refractivity contribution in [2.24, 2.45) is 7.05 Å². The molecule has 29 heavy (non-hydrogen) atoms. The van der Waals surface area contributed by atoms with Crippen molar-refractivity contribution in [3.05, 3.63) is 29.0 Å². The second-order valence-corrected chi connectivity index (χ2v) is 8.23. The molecule has 3 aromatic rings. The molecule has 11 heteroatoms. The van der Waals surface area contributed by atoms with Gasteiger partial charge in [0.2, 0.25) is 0 Å². The van der Waals surface area contributed by atoms with Crippen molar-refractivity contribution in [1.82, 2.24) is 25.1 Å². The van der Waals surface area contributed by atoms with Gasteiger partial charge < -0.3 is 15.5 Å². The molecule has 6 heterocycles. The third-order valence-electron chi connectivity index (χ3n) is 5.47. The van der Waals surface area contributed by atoms with Gasteiger partial charge in [-0.2, -0.15) is 5.10 Å². The zero-order valence-electron chi connectivity index (χ0n) is 15.6. The van der Waals surface area contributed by atoms with Gasteiger partial charge in [-0.15, -0.1) is 11.3 Å². The number of nitrogens with zero attached hydrogens (tertiary/aromatic N) is 5. The van der Waals surface area contributed by atoms with Crippen LogP contribution in [0.15, 0.2) is 17.8 Å². The first-order valence-electron chi connectivity index (χ1n) is 9.37. The van der Waals surface area contributed by atoms with Crippen molar-refractivity contribution in [3.63, 3.8) is 0 Å². The molecule has 8 nitrogen and oxygen atoms in total. The maximum atomic E-state index is 13.2. The number of alkyl halides is 2. The number of aryl methyl sites for hydroxylation is 1. The summed E-state index contributed by atoms with van der Waals surface area (Å²) in [5.74, 6) is 0.246. The molecule has 1 amide bonds. The number of hydrogen-bond donors (Lipinski definition) is 2. The van der Waals surface area contributed by atoms with Crippen LogP contribution in [0.3, 0.4) is 0 Å². The number of nitrogens with one attached hydrogen (secondary N) is 2. The third kappa shape index (κ3) is 3.23. The van der Waals surface area contributed by atoms with Crippen LogP contribution in [-0.2, 0) is 7.05 Å². The van der Waals surface area contributed by atoms with E-state index in [0.29, 0.717) is 28.0 Å². The summed E-state index contributed by atoms with van der Waals surface area (Å²) in [7, 11) is 1.53. The predicted octanol–water partition coefficient (Wildman–Crippen LogP) is 2.56. The molecule has 152 valence electrons. The Morgan fingerprint density at radius 3 is 2.97 bits per heavy atom. The van der Waals surface area contributed by atoms with E-state index in [1.165, 1.54) is 29.3 Å². The number of piperidine rings is 2. The molecule has 3 saturated heterocycles. The van der Waals surface area contributed by atoms with E-state index in [1.54, 1.807) is 11.6 Å². The van der Waals surface area contributed by atoms with E-state index in [2.05, 4.69) is 25.6 Å². The number of amides is 1. The normalized spacial score (nSPS) is 21.3. The van der Waals surface area contributed by atoms with Crippen molar-refractivity contribution < 1.29 is 13.6 Å². The lowest BCUT2D eigenvalue weighted by Crippen LogP contribution is -2.61. The van der Waals surface area contributed by atoms with Crippen LogP contribution in [0.1, 0.15) is 35.3 Å². The van der Waals surface area contributed by atoms with E-state index >= 15 is 0 Å². The van der Waals surface area contributed by atoms with Crippen molar-refractivity contribution in [2.45, 2.75) is 31.4 Å². The van der Waals surface area contributed by atoms with Gasteiger partial charge in [-0.1, -0.05) is 0 Å². The molecule has 3 aromatic heterocycles. The zero-order chi connectivity index (χ0) is 20.1. The molecule has 2 N–H and O–H groups in total. The molecule has 3 aliphatic rings. The fourth-order valence-corrected chi connectivity index (χ4v) is 4.87. The monoisotopic (exact) mass is 419 g/mol. The summed E-state index contributed by atoms with van der Waals surface area (Å²) < 4.78 is 27.6. The average molecular weight is 419 g/mol. The van der Waals surface area contributed by atoms with Gasteiger partial charge in [0.25, 0.3) is 12.3 Å². The van der Waals surface area contributed by atoms with Crippen molar-refractivity contribution in [1.29, 1.82) is 0 Å². The Labute approximate surface area is 168 Å². The van der Waals surface area contributed by atoms with E-state index in [-0.39, 0.29) is 5.69 Å². The minimum Gasteiger partial charge on any atom is -0.349 e. The lowest BCUT2D eigenvalue weighted by molar-refractivity contribution is 0.102. The minimum absolute atomic E-state index is 0.00428. The highest BCUT2D eigenvalue weighted by molar-refractivity contribution is 7.17. The Hall–Kier alpha value is -2.66. The number of halogens is 2. The molecule has 3 aliphatic heterocycles. The van der Waals surface area contributed by atoms with Crippen LogP contribution in [0.4, 0.5) is 20.3 Å². The Kier molecular flexibility index (Phi) is 4.43. The van der Waals surface area contributed by atoms with Gasteiger partial charge in [-0.05, 0) is 12.8 Å². The molecule has 3 fully saturated rings. The lowest BCUT2D eigenvalue weighted by atomic mass is 9.93. The van der Waals surface area contributed by atoms with Crippen molar-refractivity contribution in [3.8, 4) is 0 Å². The van der Waals surface area contributed by atoms with Gasteiger partial charge in [-0.3, -0.25) is 9.48 Å². The molecule has 2 atom stereocenters. The van der Waals surface area contributed by atoms with Crippen molar-refractivity contribution >= 4 is 39.1 Å². The van der Waals surface area contributed by atoms with Crippen LogP contribution in [0.2, 0.25) is 0 Å². The second kappa shape index (κ2) is 6.99. The van der Waals surface area contributed by atoms with Crippen LogP contribution < -0.4 is 15.5 Å². The van der Waals surface area contributed by atoms with E-state index in [0.717, 1.165) is 31.7 Å². The van der Waals surface area contributed by atoms with E-state index in [1.807, 2.05) is 0 Å². The molecule has 0 saturated carbocycles. The van der Waals surface area contributed by atoms with Gasteiger partial charge in [0.1, 0.15) is 16.2 Å². The highest BCUT2D eigenvalue weighted by atomic mass is 32.1. The summed E-state index contributed by atoms with van der Waals surface area (Å²) in [6.07, 6.45) is 2.59. The van der Waals surface area contributed by atoms with Crippen LogP contribution in [-0.4, -0.2) is 50.8 Å². The number of fused-ring (bicyclic) bond motifs is 4. The fraction of sp³-hybridized carbons (Fsp3) is 0.444. The summed E-state index contributed by atoms with van der Waals surface area (Å²) in [5.41, 5.74) is 0.352. The Bertz CT molecular complexity index is 1070. The number of piperazine rings is 1. The number of thiophene rings is 1. The molecule has 0 aromatic carbocycles. The Balaban J connectivity index is 1.45. The predicted molar refractivity (Wildman–Crippen MR) is 106 cm³/mol. The molecular formula is C18H19F2N7OS. The lowest BCUT2D eigenvalue weighted by Gasteiger charge is -2.46. The summed E-state index contributed by atoms with van der Waals surface area (Å²) in [4.78, 5) is 24.9. The minimum atomic E-state index is -2.78. The topological polar surface area (TPSA) is 88.0 Å². The van der Waals surface area contributed by atoms with Gasteiger partial charge >= 0.3 is 0 Å². The van der Waals surface area contributed by atoms with E-state index < -0.39 is 18.0 Å². The number of carbonyl (C=O) groups excluding carboxylic acids is 1. The molecule has 2 bridgehead atoms. The third-order valence-corrected chi connectivity index (χ3v) is 6.34. The number of aromatic nitrogens is 4. The highest BCUT2D eigenvalue weighted by Crippen LogP contribution is 2.31. The van der Waals surface area contributed by atoms with Crippen LogP contribution in [0.25, 0.3) is 10.3 Å². The Morgan fingerprint density at radius 2 is 2.28 bits per heavy atom. The molecule has 6 rings (SSSR count). The number of rotatable bonds is 4. The first-order chi connectivity index (χ1) is 14.0. The van der Waals surface area contributed by atoms with E-state index in [9.17, 15) is 13.6 Å². The molecule has 0 radical (unpaired) electrons. The first-order valence-corrected chi connectivity index (χ1v) is 10.2. The van der Waals surface area contributed by atoms with Gasteiger partial charge in [-0.25, -0.2) is 18.7 Å². The van der Waals surface area contributed by atoms with Gasteiger partial charge in [0, 0.05) is 43.8 Å². The molecule has 2 unspecified atom stereocenters. The SMILES string of the molecule is Cn1cc(NC(=O)c2csc3ncc(N4CC5CCC4CN5)nc23)c(C(F)F)n1. The summed E-state index contributed by atoms with van der Waals surface area (Å²) >= 11 is 1.30. The van der Waals surface area contributed by atoms with Gasteiger partial charge in [0.15, 0.2) is 5.69 Å². The first kappa shape index (κ1) is 18.4. The highest BCUT2D eigenvalue weighted by Gasteiger charge is 2.34. The Morgan fingerprint density at radius 1 is 1.41 bits per heavy atom. The van der Waals surface area contributed by atoms with Crippen molar-refractivity contribution in [2.75, 3.05) is 23.3 Å². The van der Waals surface area contributed by atoms with Crippen LogP contribution in [0, 0.1) is 0 Å². The summed E-state index contributed by atoms with van der Waals surface area (Å²) in [5, 5.41) is 11.4.